The molecule has 3 rings (SSSR count). The van der Waals surface area contributed by atoms with Crippen molar-refractivity contribution in [2.75, 3.05) is 23.4 Å². The summed E-state index contributed by atoms with van der Waals surface area (Å²) in [5, 5.41) is 2.18. The van der Waals surface area contributed by atoms with Crippen molar-refractivity contribution in [1.82, 2.24) is 0 Å². The molecular formula is C20H18F3N3O4. The monoisotopic (exact) mass is 421 g/mol. The maximum Gasteiger partial charge on any atom is 0.418 e. The Labute approximate surface area is 169 Å². The summed E-state index contributed by atoms with van der Waals surface area (Å²) in [6, 6.07) is 10.8. The maximum atomic E-state index is 13.0. The molecule has 1 aliphatic rings. The van der Waals surface area contributed by atoms with E-state index >= 15 is 0 Å². The molecule has 0 radical (unpaired) electrons. The SMILES string of the molecule is NC(=O)[C@@H]1CC(=O)N(c2ccc(OCC(=O)Nc3ccccc3C(F)(F)F)cc2)C1. The van der Waals surface area contributed by atoms with Crippen LogP contribution in [-0.4, -0.2) is 30.9 Å². The lowest BCUT2D eigenvalue weighted by Crippen LogP contribution is -2.28. The van der Waals surface area contributed by atoms with Gasteiger partial charge in [-0.3, -0.25) is 14.4 Å². The summed E-state index contributed by atoms with van der Waals surface area (Å²) in [4.78, 5) is 36.7. The number of anilines is 2. The summed E-state index contributed by atoms with van der Waals surface area (Å²) >= 11 is 0. The smallest absolute Gasteiger partial charge is 0.418 e. The van der Waals surface area contributed by atoms with Crippen LogP contribution in [0.25, 0.3) is 0 Å². The number of rotatable bonds is 6. The molecule has 2 aromatic carbocycles. The molecule has 1 fully saturated rings. The van der Waals surface area contributed by atoms with E-state index in [1.165, 1.54) is 29.2 Å². The average Bonchev–Trinajstić information content (AvgIpc) is 3.08. The third kappa shape index (κ3) is 4.88. The first-order valence-corrected chi connectivity index (χ1v) is 8.94. The number of para-hydroxylation sites is 1. The minimum Gasteiger partial charge on any atom is -0.484 e. The highest BCUT2D eigenvalue weighted by Crippen LogP contribution is 2.34. The largest absolute Gasteiger partial charge is 0.484 e. The Morgan fingerprint density at radius 1 is 1.13 bits per heavy atom. The Bertz CT molecular complexity index is 961. The van der Waals surface area contributed by atoms with Crippen molar-refractivity contribution in [3.8, 4) is 5.75 Å². The zero-order chi connectivity index (χ0) is 21.9. The Morgan fingerprint density at radius 2 is 1.80 bits per heavy atom. The van der Waals surface area contributed by atoms with Crippen molar-refractivity contribution in [3.05, 3.63) is 54.1 Å². The Kier molecular flexibility index (Phi) is 5.95. The first-order chi connectivity index (χ1) is 14.1. The number of alkyl halides is 3. The molecule has 1 atom stereocenters. The van der Waals surface area contributed by atoms with Crippen molar-refractivity contribution in [2.24, 2.45) is 11.7 Å². The highest BCUT2D eigenvalue weighted by molar-refractivity contribution is 6.00. The summed E-state index contributed by atoms with van der Waals surface area (Å²) in [6.45, 7) is -0.312. The van der Waals surface area contributed by atoms with Gasteiger partial charge in [0.15, 0.2) is 6.61 Å². The van der Waals surface area contributed by atoms with E-state index in [2.05, 4.69) is 5.32 Å². The van der Waals surface area contributed by atoms with Crippen molar-refractivity contribution < 1.29 is 32.3 Å². The number of nitrogens with zero attached hydrogens (tertiary/aromatic N) is 1. The molecule has 0 unspecified atom stereocenters. The third-order valence-electron chi connectivity index (χ3n) is 4.55. The van der Waals surface area contributed by atoms with Crippen LogP contribution in [0.1, 0.15) is 12.0 Å². The zero-order valence-corrected chi connectivity index (χ0v) is 15.6. The predicted molar refractivity (Wildman–Crippen MR) is 102 cm³/mol. The number of carbonyl (C=O) groups is 3. The van der Waals surface area contributed by atoms with Crippen LogP contribution in [-0.2, 0) is 20.6 Å². The zero-order valence-electron chi connectivity index (χ0n) is 15.6. The summed E-state index contributed by atoms with van der Waals surface area (Å²) < 4.78 is 44.2. The second kappa shape index (κ2) is 8.44. The molecule has 2 aromatic rings. The lowest BCUT2D eigenvalue weighted by molar-refractivity contribution is -0.137. The van der Waals surface area contributed by atoms with Crippen LogP contribution in [0.2, 0.25) is 0 Å². The van der Waals surface area contributed by atoms with Crippen LogP contribution in [0.5, 0.6) is 5.75 Å². The quantitative estimate of drug-likeness (QED) is 0.749. The fraction of sp³-hybridized carbons (Fsp3) is 0.250. The molecular weight excluding hydrogens is 403 g/mol. The number of hydrogen-bond acceptors (Lipinski definition) is 4. The predicted octanol–water partition coefficient (Wildman–Crippen LogP) is 2.56. The van der Waals surface area contributed by atoms with E-state index in [4.69, 9.17) is 10.5 Å². The molecule has 1 aliphatic heterocycles. The second-order valence-corrected chi connectivity index (χ2v) is 6.68. The first kappa shape index (κ1) is 21.2. The van der Waals surface area contributed by atoms with Gasteiger partial charge in [0.2, 0.25) is 11.8 Å². The van der Waals surface area contributed by atoms with Crippen LogP contribution >= 0.6 is 0 Å². The lowest BCUT2D eigenvalue weighted by atomic mass is 10.1. The van der Waals surface area contributed by atoms with Gasteiger partial charge in [-0.25, -0.2) is 0 Å². The Balaban J connectivity index is 1.58. The van der Waals surface area contributed by atoms with Crippen LogP contribution in [0.4, 0.5) is 24.5 Å². The van der Waals surface area contributed by atoms with E-state index in [1.807, 2.05) is 0 Å². The van der Waals surface area contributed by atoms with Gasteiger partial charge in [0, 0.05) is 18.7 Å². The number of nitrogens with two attached hydrogens (primary N) is 1. The number of halogens is 3. The molecule has 3 N–H and O–H groups in total. The molecule has 0 aromatic heterocycles. The summed E-state index contributed by atoms with van der Waals surface area (Å²) in [5.41, 5.74) is 4.48. The second-order valence-electron chi connectivity index (χ2n) is 6.68. The van der Waals surface area contributed by atoms with Gasteiger partial charge < -0.3 is 20.7 Å². The van der Waals surface area contributed by atoms with Crippen molar-refractivity contribution >= 4 is 29.1 Å². The van der Waals surface area contributed by atoms with E-state index in [9.17, 15) is 27.6 Å². The number of ether oxygens (including phenoxy) is 1. The molecule has 1 saturated heterocycles. The fourth-order valence-corrected chi connectivity index (χ4v) is 3.04. The topological polar surface area (TPSA) is 102 Å². The number of amides is 3. The van der Waals surface area contributed by atoms with Crippen LogP contribution in [0, 0.1) is 5.92 Å². The highest BCUT2D eigenvalue weighted by Gasteiger charge is 2.34. The van der Waals surface area contributed by atoms with Crippen LogP contribution in [0.3, 0.4) is 0 Å². The molecule has 0 aliphatic carbocycles. The van der Waals surface area contributed by atoms with Gasteiger partial charge in [0.05, 0.1) is 17.2 Å². The van der Waals surface area contributed by atoms with Crippen molar-refractivity contribution in [2.45, 2.75) is 12.6 Å². The van der Waals surface area contributed by atoms with Gasteiger partial charge in [-0.1, -0.05) is 12.1 Å². The molecule has 0 bridgehead atoms. The van der Waals surface area contributed by atoms with E-state index in [0.29, 0.717) is 5.69 Å². The van der Waals surface area contributed by atoms with Gasteiger partial charge in [-0.2, -0.15) is 13.2 Å². The fourth-order valence-electron chi connectivity index (χ4n) is 3.04. The van der Waals surface area contributed by atoms with E-state index < -0.39 is 36.1 Å². The minimum absolute atomic E-state index is 0.0488. The molecule has 7 nitrogen and oxygen atoms in total. The molecule has 1 heterocycles. The number of primary amides is 1. The number of carbonyl (C=O) groups excluding carboxylic acids is 3. The highest BCUT2D eigenvalue weighted by atomic mass is 19.4. The van der Waals surface area contributed by atoms with Crippen molar-refractivity contribution in [1.29, 1.82) is 0 Å². The molecule has 0 saturated carbocycles. The number of hydrogen-bond donors (Lipinski definition) is 2. The van der Waals surface area contributed by atoms with Gasteiger partial charge in [-0.15, -0.1) is 0 Å². The van der Waals surface area contributed by atoms with E-state index in [0.717, 1.165) is 12.1 Å². The molecule has 30 heavy (non-hydrogen) atoms. The minimum atomic E-state index is -4.60. The average molecular weight is 421 g/mol. The van der Waals surface area contributed by atoms with Gasteiger partial charge in [-0.05, 0) is 36.4 Å². The summed E-state index contributed by atoms with van der Waals surface area (Å²) in [5.74, 6) is -1.78. The van der Waals surface area contributed by atoms with Crippen molar-refractivity contribution in [3.63, 3.8) is 0 Å². The van der Waals surface area contributed by atoms with E-state index in [1.54, 1.807) is 12.1 Å². The maximum absolute atomic E-state index is 13.0. The van der Waals surface area contributed by atoms with Gasteiger partial charge in [0.25, 0.3) is 5.91 Å². The number of benzene rings is 2. The summed E-state index contributed by atoms with van der Waals surface area (Å²) in [6.07, 6.45) is -4.55. The van der Waals surface area contributed by atoms with Gasteiger partial charge >= 0.3 is 6.18 Å². The van der Waals surface area contributed by atoms with E-state index in [-0.39, 0.29) is 30.3 Å². The Morgan fingerprint density at radius 3 is 2.40 bits per heavy atom. The van der Waals surface area contributed by atoms with Crippen LogP contribution < -0.4 is 20.7 Å². The summed E-state index contributed by atoms with van der Waals surface area (Å²) in [7, 11) is 0. The molecule has 3 amide bonds. The first-order valence-electron chi connectivity index (χ1n) is 8.94. The molecule has 10 heteroatoms. The number of nitrogens with one attached hydrogen (secondary N) is 1. The molecule has 0 spiro atoms. The Hall–Kier alpha value is -3.56. The van der Waals surface area contributed by atoms with Gasteiger partial charge in [0.1, 0.15) is 5.75 Å². The molecule has 158 valence electrons. The standard InChI is InChI=1S/C20H18F3N3O4/c21-20(22,23)15-3-1-2-4-16(15)25-17(27)11-30-14-7-5-13(6-8-14)26-10-12(19(24)29)9-18(26)28/h1-8,12H,9-11H2,(H2,24,29)(H,25,27)/t12-/m1/s1. The van der Waals surface area contributed by atoms with Crippen LogP contribution in [0.15, 0.2) is 48.5 Å². The third-order valence-corrected chi connectivity index (χ3v) is 4.55. The lowest BCUT2D eigenvalue weighted by Gasteiger charge is -2.17. The normalized spacial score (nSPS) is 16.4.